The summed E-state index contributed by atoms with van der Waals surface area (Å²) in [5.41, 5.74) is 1.34. The van der Waals surface area contributed by atoms with Crippen molar-refractivity contribution in [1.82, 2.24) is 15.0 Å². The SMILES string of the molecule is COc1cccc(Cn2cc(C)nn2)c1F. The van der Waals surface area contributed by atoms with E-state index in [0.29, 0.717) is 12.1 Å². The summed E-state index contributed by atoms with van der Waals surface area (Å²) in [6.07, 6.45) is 1.76. The van der Waals surface area contributed by atoms with Crippen LogP contribution in [0, 0.1) is 12.7 Å². The van der Waals surface area contributed by atoms with Gasteiger partial charge in [-0.1, -0.05) is 17.3 Å². The Morgan fingerprint density at radius 3 is 2.88 bits per heavy atom. The molecule has 0 N–H and O–H groups in total. The van der Waals surface area contributed by atoms with Crippen LogP contribution in [-0.2, 0) is 6.54 Å². The number of halogens is 1. The van der Waals surface area contributed by atoms with E-state index in [1.165, 1.54) is 7.11 Å². The first kappa shape index (κ1) is 10.6. The lowest BCUT2D eigenvalue weighted by molar-refractivity contribution is 0.383. The fraction of sp³-hybridized carbons (Fsp3) is 0.273. The number of ether oxygens (including phenoxy) is 1. The number of aromatic nitrogens is 3. The number of benzene rings is 1. The van der Waals surface area contributed by atoms with Gasteiger partial charge in [0.2, 0.25) is 0 Å². The molecule has 0 aliphatic heterocycles. The molecule has 84 valence electrons. The first-order valence-corrected chi connectivity index (χ1v) is 4.89. The minimum Gasteiger partial charge on any atom is -0.494 e. The van der Waals surface area contributed by atoms with E-state index < -0.39 is 0 Å². The van der Waals surface area contributed by atoms with Gasteiger partial charge in [0.25, 0.3) is 0 Å². The molecule has 0 spiro atoms. The Bertz CT molecular complexity index is 496. The zero-order valence-electron chi connectivity index (χ0n) is 9.14. The van der Waals surface area contributed by atoms with Crippen molar-refractivity contribution in [1.29, 1.82) is 0 Å². The van der Waals surface area contributed by atoms with Crippen LogP contribution in [0.15, 0.2) is 24.4 Å². The molecule has 1 heterocycles. The summed E-state index contributed by atoms with van der Waals surface area (Å²) < 4.78 is 20.3. The van der Waals surface area contributed by atoms with E-state index in [1.54, 1.807) is 29.1 Å². The van der Waals surface area contributed by atoms with Crippen molar-refractivity contribution in [2.45, 2.75) is 13.5 Å². The fourth-order valence-corrected chi connectivity index (χ4v) is 1.48. The molecule has 0 saturated heterocycles. The van der Waals surface area contributed by atoms with Gasteiger partial charge in [-0.15, -0.1) is 5.10 Å². The minimum absolute atomic E-state index is 0.245. The number of hydrogen-bond acceptors (Lipinski definition) is 3. The predicted octanol–water partition coefficient (Wildman–Crippen LogP) is 1.78. The molecule has 0 amide bonds. The van der Waals surface area contributed by atoms with Gasteiger partial charge in [0, 0.05) is 11.8 Å². The zero-order valence-corrected chi connectivity index (χ0v) is 9.14. The first-order valence-electron chi connectivity index (χ1n) is 4.89. The van der Waals surface area contributed by atoms with Crippen LogP contribution in [0.3, 0.4) is 0 Å². The summed E-state index contributed by atoms with van der Waals surface area (Å²) in [6.45, 7) is 2.19. The summed E-state index contributed by atoms with van der Waals surface area (Å²) in [5.74, 6) is -0.104. The average Bonchev–Trinajstić information content (AvgIpc) is 2.67. The molecule has 0 unspecified atom stereocenters. The normalized spacial score (nSPS) is 10.4. The van der Waals surface area contributed by atoms with Crippen molar-refractivity contribution >= 4 is 0 Å². The van der Waals surface area contributed by atoms with Crippen LogP contribution < -0.4 is 4.74 Å². The molecule has 0 saturated carbocycles. The smallest absolute Gasteiger partial charge is 0.170 e. The predicted molar refractivity (Wildman–Crippen MR) is 56.8 cm³/mol. The molecular formula is C11H12FN3O. The van der Waals surface area contributed by atoms with Crippen molar-refractivity contribution in [2.24, 2.45) is 0 Å². The third-order valence-electron chi connectivity index (χ3n) is 2.25. The van der Waals surface area contributed by atoms with Gasteiger partial charge in [0.15, 0.2) is 11.6 Å². The van der Waals surface area contributed by atoms with Gasteiger partial charge in [0.1, 0.15) is 0 Å². The Labute approximate surface area is 92.7 Å². The van der Waals surface area contributed by atoms with Gasteiger partial charge >= 0.3 is 0 Å². The van der Waals surface area contributed by atoms with E-state index in [1.807, 2.05) is 6.92 Å². The van der Waals surface area contributed by atoms with Crippen molar-refractivity contribution in [3.05, 3.63) is 41.5 Å². The van der Waals surface area contributed by atoms with Crippen LogP contribution in [0.4, 0.5) is 4.39 Å². The summed E-state index contributed by atoms with van der Waals surface area (Å²) >= 11 is 0. The van der Waals surface area contributed by atoms with Gasteiger partial charge in [-0.2, -0.15) is 0 Å². The molecule has 1 aromatic carbocycles. The van der Waals surface area contributed by atoms with E-state index in [4.69, 9.17) is 4.74 Å². The molecule has 0 bridgehead atoms. The highest BCUT2D eigenvalue weighted by Crippen LogP contribution is 2.20. The van der Waals surface area contributed by atoms with Crippen LogP contribution in [0.25, 0.3) is 0 Å². The highest BCUT2D eigenvalue weighted by atomic mass is 19.1. The second kappa shape index (κ2) is 4.30. The van der Waals surface area contributed by atoms with Crippen LogP contribution in [0.2, 0.25) is 0 Å². The second-order valence-corrected chi connectivity index (χ2v) is 3.49. The molecule has 2 rings (SSSR count). The molecule has 16 heavy (non-hydrogen) atoms. The lowest BCUT2D eigenvalue weighted by Crippen LogP contribution is -2.03. The molecule has 1 aromatic heterocycles. The van der Waals surface area contributed by atoms with E-state index in [9.17, 15) is 4.39 Å². The van der Waals surface area contributed by atoms with Gasteiger partial charge in [0.05, 0.1) is 19.3 Å². The lowest BCUT2D eigenvalue weighted by Gasteiger charge is -2.06. The van der Waals surface area contributed by atoms with Gasteiger partial charge in [-0.05, 0) is 13.0 Å². The first-order chi connectivity index (χ1) is 7.70. The maximum Gasteiger partial charge on any atom is 0.170 e. The van der Waals surface area contributed by atoms with Crippen LogP contribution in [-0.4, -0.2) is 22.1 Å². The molecule has 0 radical (unpaired) electrons. The molecule has 0 aliphatic carbocycles. The largest absolute Gasteiger partial charge is 0.494 e. The van der Waals surface area contributed by atoms with Gasteiger partial charge in [-0.3, -0.25) is 0 Å². The van der Waals surface area contributed by atoms with Crippen LogP contribution >= 0.6 is 0 Å². The number of nitrogens with zero attached hydrogens (tertiary/aromatic N) is 3. The molecule has 4 nitrogen and oxygen atoms in total. The van der Waals surface area contributed by atoms with Crippen molar-refractivity contribution in [3.8, 4) is 5.75 Å². The Morgan fingerprint density at radius 2 is 2.25 bits per heavy atom. The maximum atomic E-state index is 13.8. The number of rotatable bonds is 3. The maximum absolute atomic E-state index is 13.8. The Morgan fingerprint density at radius 1 is 1.44 bits per heavy atom. The van der Waals surface area contributed by atoms with E-state index >= 15 is 0 Å². The second-order valence-electron chi connectivity index (χ2n) is 3.49. The lowest BCUT2D eigenvalue weighted by atomic mass is 10.2. The zero-order chi connectivity index (χ0) is 11.5. The third kappa shape index (κ3) is 2.03. The van der Waals surface area contributed by atoms with E-state index in [2.05, 4.69) is 10.3 Å². The molecule has 0 atom stereocenters. The summed E-state index contributed by atoms with van der Waals surface area (Å²) in [7, 11) is 1.45. The average molecular weight is 221 g/mol. The standard InChI is InChI=1S/C11H12FN3O/c1-8-6-15(14-13-8)7-9-4-3-5-10(16-2)11(9)12/h3-6H,7H2,1-2H3. The Hall–Kier alpha value is -1.91. The Kier molecular flexibility index (Phi) is 2.85. The third-order valence-corrected chi connectivity index (χ3v) is 2.25. The molecule has 5 heteroatoms. The summed E-state index contributed by atoms with van der Waals surface area (Å²) in [4.78, 5) is 0. The fourth-order valence-electron chi connectivity index (χ4n) is 1.48. The summed E-state index contributed by atoms with van der Waals surface area (Å²) in [5, 5.41) is 7.71. The van der Waals surface area contributed by atoms with Crippen LogP contribution in [0.1, 0.15) is 11.3 Å². The number of methoxy groups -OCH3 is 1. The molecule has 0 fully saturated rings. The molecule has 2 aromatic rings. The minimum atomic E-state index is -0.349. The van der Waals surface area contributed by atoms with Crippen molar-refractivity contribution in [2.75, 3.05) is 7.11 Å². The van der Waals surface area contributed by atoms with Gasteiger partial charge < -0.3 is 4.74 Å². The highest BCUT2D eigenvalue weighted by molar-refractivity contribution is 5.31. The van der Waals surface area contributed by atoms with Crippen molar-refractivity contribution < 1.29 is 9.13 Å². The molecular weight excluding hydrogens is 209 g/mol. The van der Waals surface area contributed by atoms with Crippen molar-refractivity contribution in [3.63, 3.8) is 0 Å². The monoisotopic (exact) mass is 221 g/mol. The van der Waals surface area contributed by atoms with E-state index in [-0.39, 0.29) is 11.6 Å². The quantitative estimate of drug-likeness (QED) is 0.793. The van der Waals surface area contributed by atoms with Crippen LogP contribution in [0.5, 0.6) is 5.75 Å². The molecule has 0 aliphatic rings. The number of aryl methyl sites for hydroxylation is 1. The highest BCUT2D eigenvalue weighted by Gasteiger charge is 2.09. The topological polar surface area (TPSA) is 39.9 Å². The van der Waals surface area contributed by atoms with Gasteiger partial charge in [-0.25, -0.2) is 9.07 Å². The number of hydrogen-bond donors (Lipinski definition) is 0. The Balaban J connectivity index is 2.28. The summed E-state index contributed by atoms with van der Waals surface area (Å²) in [6, 6.07) is 5.04. The van der Waals surface area contributed by atoms with E-state index in [0.717, 1.165) is 5.69 Å².